The smallest absolute Gasteiger partial charge is 0.00896 e. The Bertz CT molecular complexity index is 1380. The summed E-state index contributed by atoms with van der Waals surface area (Å²) in [5, 5.41) is 5.98. The molecule has 0 nitrogen and oxygen atoms in total. The van der Waals surface area contributed by atoms with E-state index in [9.17, 15) is 0 Å². The summed E-state index contributed by atoms with van der Waals surface area (Å²) in [6, 6.07) is 14.2. The van der Waals surface area contributed by atoms with E-state index in [-0.39, 0.29) is 0 Å². The molecular formula is C32H34. The van der Waals surface area contributed by atoms with Gasteiger partial charge in [0, 0.05) is 0 Å². The van der Waals surface area contributed by atoms with E-state index in [2.05, 4.69) is 80.6 Å². The Balaban J connectivity index is 1.34. The molecule has 0 spiro atoms. The van der Waals surface area contributed by atoms with E-state index in [1.165, 1.54) is 76.9 Å². The van der Waals surface area contributed by atoms with Crippen molar-refractivity contribution in [2.45, 2.75) is 58.8 Å². The van der Waals surface area contributed by atoms with Crippen molar-refractivity contribution in [2.75, 3.05) is 0 Å². The van der Waals surface area contributed by atoms with Gasteiger partial charge in [0.2, 0.25) is 0 Å². The van der Waals surface area contributed by atoms with Crippen molar-refractivity contribution in [2.24, 2.45) is 17.8 Å². The van der Waals surface area contributed by atoms with Gasteiger partial charge in [0.15, 0.2) is 0 Å². The van der Waals surface area contributed by atoms with Gasteiger partial charge in [0.1, 0.15) is 0 Å². The van der Waals surface area contributed by atoms with Crippen LogP contribution in [0.25, 0.3) is 22.8 Å². The van der Waals surface area contributed by atoms with Crippen LogP contribution in [-0.2, 0) is 6.42 Å². The van der Waals surface area contributed by atoms with E-state index in [0.29, 0.717) is 11.8 Å². The van der Waals surface area contributed by atoms with Gasteiger partial charge < -0.3 is 0 Å². The monoisotopic (exact) mass is 418 g/mol. The van der Waals surface area contributed by atoms with Crippen molar-refractivity contribution >= 4 is 22.8 Å². The fourth-order valence-corrected chi connectivity index (χ4v) is 6.75. The van der Waals surface area contributed by atoms with Gasteiger partial charge in [0.25, 0.3) is 0 Å². The summed E-state index contributed by atoms with van der Waals surface area (Å²) in [5.41, 5.74) is 7.70. The van der Waals surface area contributed by atoms with Crippen LogP contribution in [0.4, 0.5) is 0 Å². The molecule has 2 aromatic rings. The zero-order valence-corrected chi connectivity index (χ0v) is 19.5. The highest BCUT2D eigenvalue weighted by Crippen LogP contribution is 2.36. The lowest BCUT2D eigenvalue weighted by Gasteiger charge is -2.32. The molecule has 3 atom stereocenters. The number of hydrogen-bond acceptors (Lipinski definition) is 0. The molecule has 0 aliphatic heterocycles. The third-order valence-corrected chi connectivity index (χ3v) is 8.47. The molecule has 0 fully saturated rings. The van der Waals surface area contributed by atoms with E-state index < -0.39 is 0 Å². The van der Waals surface area contributed by atoms with Gasteiger partial charge in [-0.3, -0.25) is 0 Å². The van der Waals surface area contributed by atoms with Gasteiger partial charge in [-0.25, -0.2) is 0 Å². The summed E-state index contributed by atoms with van der Waals surface area (Å²) in [6.07, 6.45) is 20.9. The highest BCUT2D eigenvalue weighted by Gasteiger charge is 2.27. The van der Waals surface area contributed by atoms with Crippen LogP contribution >= 0.6 is 0 Å². The van der Waals surface area contributed by atoms with Crippen molar-refractivity contribution in [3.8, 4) is 0 Å². The van der Waals surface area contributed by atoms with Crippen LogP contribution in [0, 0.1) is 24.7 Å². The molecule has 32 heavy (non-hydrogen) atoms. The predicted octanol–water partition coefficient (Wildman–Crippen LogP) is 4.85. The van der Waals surface area contributed by atoms with E-state index in [1.807, 2.05) is 0 Å². The quantitative estimate of drug-likeness (QED) is 0.669. The van der Waals surface area contributed by atoms with Crippen LogP contribution in [0.5, 0.6) is 0 Å². The second kappa shape index (κ2) is 8.07. The summed E-state index contributed by atoms with van der Waals surface area (Å²) in [7, 11) is 0. The maximum atomic E-state index is 2.61. The first-order valence-corrected chi connectivity index (χ1v) is 12.7. The second-order valence-electron chi connectivity index (χ2n) is 10.4. The summed E-state index contributed by atoms with van der Waals surface area (Å²) < 4.78 is 0. The van der Waals surface area contributed by atoms with Gasteiger partial charge in [-0.05, 0) is 120 Å². The molecular weight excluding hydrogens is 384 g/mol. The lowest BCUT2D eigenvalue weighted by Crippen LogP contribution is -2.38. The maximum absolute atomic E-state index is 2.61. The Labute approximate surface area is 192 Å². The van der Waals surface area contributed by atoms with E-state index >= 15 is 0 Å². The fourth-order valence-electron chi connectivity index (χ4n) is 6.75. The third-order valence-electron chi connectivity index (χ3n) is 8.47. The number of aryl methyl sites for hydroxylation is 2. The highest BCUT2D eigenvalue weighted by atomic mass is 14.3. The standard InChI is InChI=1S/C32H34/c1-21-8-7-13-29-28-12-6-5-11-27(28)25(20-32(21)29)16-14-23-15-17-30-26-10-4-3-9-24(26)18-22(2)31(30)19-23/h4,6-8,10,12-13,15,17,19-20,24-25,27H,3,5,9,11,14,16,18H2,1-2H3. The summed E-state index contributed by atoms with van der Waals surface area (Å²) >= 11 is 0. The molecule has 0 amide bonds. The summed E-state index contributed by atoms with van der Waals surface area (Å²) in [5.74, 6) is 2.07. The topological polar surface area (TPSA) is 0 Å². The Kier molecular flexibility index (Phi) is 5.05. The molecule has 0 N–H and O–H groups in total. The molecule has 0 saturated heterocycles. The second-order valence-corrected chi connectivity index (χ2v) is 10.4. The summed E-state index contributed by atoms with van der Waals surface area (Å²) in [4.78, 5) is 0. The van der Waals surface area contributed by atoms with E-state index in [1.54, 1.807) is 16.7 Å². The van der Waals surface area contributed by atoms with Gasteiger partial charge in [-0.1, -0.05) is 72.4 Å². The molecule has 4 aliphatic carbocycles. The number of allylic oxidation sites excluding steroid dienone is 4. The Morgan fingerprint density at radius 2 is 1.69 bits per heavy atom. The van der Waals surface area contributed by atoms with Gasteiger partial charge >= 0.3 is 0 Å². The van der Waals surface area contributed by atoms with Gasteiger partial charge in [0.05, 0.1) is 0 Å². The Hall–Kier alpha value is -2.60. The third kappa shape index (κ3) is 3.36. The average Bonchev–Trinajstić information content (AvgIpc) is 2.83. The lowest BCUT2D eigenvalue weighted by atomic mass is 9.73. The first-order valence-electron chi connectivity index (χ1n) is 12.7. The number of fused-ring (bicyclic) bond motifs is 4. The van der Waals surface area contributed by atoms with Crippen LogP contribution in [0.3, 0.4) is 0 Å². The zero-order chi connectivity index (χ0) is 21.7. The van der Waals surface area contributed by atoms with Gasteiger partial charge in [-0.2, -0.15) is 0 Å². The normalized spacial score (nSPS) is 25.6. The number of rotatable bonds is 3. The van der Waals surface area contributed by atoms with E-state index in [4.69, 9.17) is 0 Å². The predicted molar refractivity (Wildman–Crippen MR) is 137 cm³/mol. The minimum atomic E-state index is 0.643. The number of benzene rings is 2. The van der Waals surface area contributed by atoms with Crippen LogP contribution in [0.1, 0.15) is 56.6 Å². The SMILES string of the molecule is CC1=c2cc(CCC3C=c4c(C)cccc4=C4C=CCCC43)ccc2=C2C=CCCC2C1. The molecule has 2 aromatic carbocycles. The largest absolute Gasteiger partial charge is 0.0842 e. The molecule has 3 unspecified atom stereocenters. The minimum absolute atomic E-state index is 0.643. The number of hydrogen-bond donors (Lipinski definition) is 0. The molecule has 0 saturated carbocycles. The Morgan fingerprint density at radius 3 is 2.59 bits per heavy atom. The van der Waals surface area contributed by atoms with Gasteiger partial charge in [-0.15, -0.1) is 0 Å². The Morgan fingerprint density at radius 1 is 0.844 bits per heavy atom. The molecule has 4 aliphatic rings. The summed E-state index contributed by atoms with van der Waals surface area (Å²) in [6.45, 7) is 4.63. The first kappa shape index (κ1) is 20.0. The molecule has 0 heterocycles. The van der Waals surface area contributed by atoms with Crippen LogP contribution < -0.4 is 20.9 Å². The molecule has 162 valence electrons. The van der Waals surface area contributed by atoms with Crippen molar-refractivity contribution in [3.05, 3.63) is 92.7 Å². The van der Waals surface area contributed by atoms with Crippen molar-refractivity contribution in [3.63, 3.8) is 0 Å². The highest BCUT2D eigenvalue weighted by molar-refractivity contribution is 5.67. The van der Waals surface area contributed by atoms with Crippen molar-refractivity contribution in [1.29, 1.82) is 0 Å². The molecule has 0 radical (unpaired) electrons. The average molecular weight is 419 g/mol. The van der Waals surface area contributed by atoms with Crippen LogP contribution in [0.15, 0.2) is 60.7 Å². The van der Waals surface area contributed by atoms with Crippen molar-refractivity contribution < 1.29 is 0 Å². The van der Waals surface area contributed by atoms with Crippen LogP contribution in [0.2, 0.25) is 0 Å². The fraction of sp³-hybridized carbons (Fsp3) is 0.375. The van der Waals surface area contributed by atoms with Crippen LogP contribution in [-0.4, -0.2) is 0 Å². The van der Waals surface area contributed by atoms with E-state index in [0.717, 1.165) is 5.92 Å². The zero-order valence-electron chi connectivity index (χ0n) is 19.5. The molecule has 0 heteroatoms. The molecule has 6 rings (SSSR count). The molecule has 0 bridgehead atoms. The molecule has 0 aromatic heterocycles. The lowest BCUT2D eigenvalue weighted by molar-refractivity contribution is 0.445. The minimum Gasteiger partial charge on any atom is -0.0842 e. The first-order chi connectivity index (χ1) is 15.7. The van der Waals surface area contributed by atoms with Crippen molar-refractivity contribution in [1.82, 2.24) is 0 Å². The maximum Gasteiger partial charge on any atom is -0.00896 e.